The molecular formula is C18H18N8O7. The third-order valence-electron chi connectivity index (χ3n) is 4.65. The van der Waals surface area contributed by atoms with Gasteiger partial charge in [0.05, 0.1) is 38.3 Å². The molecule has 3 amide bonds. The minimum Gasteiger partial charge on any atom is -0.392 e. The SMILES string of the molecule is Cc1c(NC=O)cc(C(N)=O)c2[nH]cnc12.Cc1c([N+](=O)[O-])cc(C(N)=O)c(N)c1[N+](=O)[O-]. The number of fused-ring (bicyclic) bond motifs is 1. The number of rotatable bonds is 6. The van der Waals surface area contributed by atoms with Crippen molar-refractivity contribution in [3.05, 3.63) is 60.9 Å². The van der Waals surface area contributed by atoms with Crippen molar-refractivity contribution in [3.8, 4) is 0 Å². The molecule has 15 heteroatoms. The summed E-state index contributed by atoms with van der Waals surface area (Å²) in [4.78, 5) is 59.3. The standard InChI is InChI=1S/C10H10N4O2.C8H8N4O5/c1-5-7(14-4-15)2-6(10(11)16)9-8(5)12-3-13-9;1-3-5(11(14)15)2-4(8(10)13)6(9)7(3)12(16)17/h2-4H,1H3,(H2,11,16)(H,12,13)(H,14,15);2H,9H2,1H3,(H2,10,13). The molecule has 0 fully saturated rings. The van der Waals surface area contributed by atoms with E-state index in [1.54, 1.807) is 6.92 Å². The molecule has 8 N–H and O–H groups in total. The predicted octanol–water partition coefficient (Wildman–Crippen LogP) is 1.03. The van der Waals surface area contributed by atoms with E-state index in [4.69, 9.17) is 17.2 Å². The van der Waals surface area contributed by atoms with Gasteiger partial charge in [0.15, 0.2) is 0 Å². The number of nitrogens with two attached hydrogens (primary N) is 3. The number of imidazole rings is 1. The summed E-state index contributed by atoms with van der Waals surface area (Å²) in [6.07, 6.45) is 2.03. The van der Waals surface area contributed by atoms with Crippen LogP contribution in [0.25, 0.3) is 11.0 Å². The summed E-state index contributed by atoms with van der Waals surface area (Å²) in [6.45, 7) is 2.98. The lowest BCUT2D eigenvalue weighted by Crippen LogP contribution is -2.16. The fourth-order valence-electron chi connectivity index (χ4n) is 3.05. The van der Waals surface area contributed by atoms with Crippen LogP contribution in [0.3, 0.4) is 0 Å². The van der Waals surface area contributed by atoms with E-state index in [-0.39, 0.29) is 5.56 Å². The first-order valence-corrected chi connectivity index (χ1v) is 8.90. The van der Waals surface area contributed by atoms with Crippen LogP contribution in [0.1, 0.15) is 31.8 Å². The smallest absolute Gasteiger partial charge is 0.302 e. The normalized spacial score (nSPS) is 10.1. The van der Waals surface area contributed by atoms with Crippen molar-refractivity contribution in [1.82, 2.24) is 9.97 Å². The number of hydrogen-bond acceptors (Lipinski definition) is 9. The van der Waals surface area contributed by atoms with E-state index in [9.17, 15) is 34.6 Å². The Hall–Kier alpha value is -5.08. The van der Waals surface area contributed by atoms with Crippen molar-refractivity contribution in [3.63, 3.8) is 0 Å². The molecule has 0 aliphatic carbocycles. The van der Waals surface area contributed by atoms with Crippen molar-refractivity contribution in [2.75, 3.05) is 11.1 Å². The third-order valence-corrected chi connectivity index (χ3v) is 4.65. The molecule has 3 aromatic rings. The number of carbonyl (C=O) groups excluding carboxylic acids is 3. The molecule has 0 bridgehead atoms. The molecule has 0 aliphatic rings. The summed E-state index contributed by atoms with van der Waals surface area (Å²) < 4.78 is 0. The van der Waals surface area contributed by atoms with Crippen LogP contribution in [-0.2, 0) is 4.79 Å². The first kappa shape index (κ1) is 24.2. The maximum atomic E-state index is 11.2. The van der Waals surface area contributed by atoms with E-state index in [0.717, 1.165) is 11.6 Å². The molecular weight excluding hydrogens is 440 g/mol. The second kappa shape index (κ2) is 9.38. The van der Waals surface area contributed by atoms with Gasteiger partial charge in [0.1, 0.15) is 11.3 Å². The number of hydrogen-bond donors (Lipinski definition) is 5. The average Bonchev–Trinajstić information content (AvgIpc) is 3.20. The number of primary amides is 2. The molecule has 0 unspecified atom stereocenters. The third kappa shape index (κ3) is 4.66. The van der Waals surface area contributed by atoms with E-state index in [1.807, 2.05) is 0 Å². The van der Waals surface area contributed by atoms with Crippen molar-refractivity contribution in [2.45, 2.75) is 13.8 Å². The molecule has 15 nitrogen and oxygen atoms in total. The number of nitro benzene ring substituents is 2. The quantitative estimate of drug-likeness (QED) is 0.153. The van der Waals surface area contributed by atoms with Gasteiger partial charge in [-0.3, -0.25) is 34.6 Å². The molecule has 2 aromatic carbocycles. The monoisotopic (exact) mass is 458 g/mol. The summed E-state index contributed by atoms with van der Waals surface area (Å²) >= 11 is 0. The fourth-order valence-corrected chi connectivity index (χ4v) is 3.05. The minimum atomic E-state index is -1.06. The highest BCUT2D eigenvalue weighted by molar-refractivity contribution is 6.07. The number of anilines is 2. The molecule has 0 aliphatic heterocycles. The number of nitrogens with zero attached hydrogens (tertiary/aromatic N) is 3. The highest BCUT2D eigenvalue weighted by Gasteiger charge is 2.29. The van der Waals surface area contributed by atoms with E-state index < -0.39 is 44.3 Å². The maximum Gasteiger partial charge on any atom is 0.302 e. The second-order valence-corrected chi connectivity index (χ2v) is 6.56. The lowest BCUT2D eigenvalue weighted by molar-refractivity contribution is -0.394. The number of nitrogens with one attached hydrogen (secondary N) is 2. The lowest BCUT2D eigenvalue weighted by atomic mass is 10.0. The molecule has 0 radical (unpaired) electrons. The van der Waals surface area contributed by atoms with E-state index >= 15 is 0 Å². The molecule has 1 heterocycles. The molecule has 0 saturated carbocycles. The van der Waals surface area contributed by atoms with E-state index in [1.165, 1.54) is 19.3 Å². The minimum absolute atomic E-state index is 0.220. The summed E-state index contributed by atoms with van der Waals surface area (Å²) in [5.41, 5.74) is 16.0. The average molecular weight is 458 g/mol. The van der Waals surface area contributed by atoms with Crippen LogP contribution in [0.2, 0.25) is 0 Å². The number of aromatic amines is 1. The van der Waals surface area contributed by atoms with Crippen molar-refractivity contribution >= 4 is 52.0 Å². The largest absolute Gasteiger partial charge is 0.392 e. The second-order valence-electron chi connectivity index (χ2n) is 6.56. The van der Waals surface area contributed by atoms with Crippen molar-refractivity contribution < 1.29 is 24.2 Å². The van der Waals surface area contributed by atoms with Gasteiger partial charge in [0.25, 0.3) is 17.5 Å². The Labute approximate surface area is 184 Å². The van der Waals surface area contributed by atoms with E-state index in [0.29, 0.717) is 28.7 Å². The molecule has 3 rings (SSSR count). The zero-order chi connectivity index (χ0) is 25.0. The number of carbonyl (C=O) groups is 3. The first-order chi connectivity index (χ1) is 15.4. The Bertz CT molecular complexity index is 1280. The number of benzene rings is 2. The summed E-state index contributed by atoms with van der Waals surface area (Å²) in [7, 11) is 0. The van der Waals surface area contributed by atoms with Crippen LogP contribution >= 0.6 is 0 Å². The molecule has 33 heavy (non-hydrogen) atoms. The Morgan fingerprint density at radius 1 is 1.06 bits per heavy atom. The van der Waals surface area contributed by atoms with Gasteiger partial charge in [-0.1, -0.05) is 0 Å². The van der Waals surface area contributed by atoms with Gasteiger partial charge in [-0.2, -0.15) is 0 Å². The highest BCUT2D eigenvalue weighted by atomic mass is 16.6. The van der Waals surface area contributed by atoms with Gasteiger partial charge >= 0.3 is 5.69 Å². The highest BCUT2D eigenvalue weighted by Crippen LogP contribution is 2.35. The molecule has 0 spiro atoms. The van der Waals surface area contributed by atoms with Gasteiger partial charge in [0, 0.05) is 17.3 Å². The van der Waals surface area contributed by atoms with Crippen LogP contribution in [0.4, 0.5) is 22.7 Å². The van der Waals surface area contributed by atoms with E-state index in [2.05, 4.69) is 15.3 Å². The maximum absolute atomic E-state index is 11.2. The zero-order valence-electron chi connectivity index (χ0n) is 17.2. The van der Waals surface area contributed by atoms with Gasteiger partial charge in [0.2, 0.25) is 6.41 Å². The fraction of sp³-hybridized carbons (Fsp3) is 0.111. The molecule has 172 valence electrons. The zero-order valence-corrected chi connectivity index (χ0v) is 17.2. The Morgan fingerprint density at radius 2 is 1.67 bits per heavy atom. The van der Waals surface area contributed by atoms with Crippen molar-refractivity contribution in [1.29, 1.82) is 0 Å². The number of aryl methyl sites for hydroxylation is 1. The van der Waals surface area contributed by atoms with Crippen LogP contribution in [0.5, 0.6) is 0 Å². The molecule has 1 aromatic heterocycles. The Kier molecular flexibility index (Phi) is 6.87. The number of amides is 3. The van der Waals surface area contributed by atoms with Crippen LogP contribution in [-0.4, -0.2) is 38.0 Å². The predicted molar refractivity (Wildman–Crippen MR) is 116 cm³/mol. The summed E-state index contributed by atoms with van der Waals surface area (Å²) in [6, 6.07) is 2.37. The van der Waals surface area contributed by atoms with Crippen LogP contribution in [0, 0.1) is 34.1 Å². The summed E-state index contributed by atoms with van der Waals surface area (Å²) in [5.74, 6) is -1.63. The topological polar surface area (TPSA) is 256 Å². The number of nitro groups is 2. The van der Waals surface area contributed by atoms with Crippen molar-refractivity contribution in [2.24, 2.45) is 11.5 Å². The number of aromatic nitrogens is 2. The van der Waals surface area contributed by atoms with Gasteiger partial charge in [-0.05, 0) is 19.9 Å². The van der Waals surface area contributed by atoms with Crippen LogP contribution < -0.4 is 22.5 Å². The Morgan fingerprint density at radius 3 is 2.15 bits per heavy atom. The summed E-state index contributed by atoms with van der Waals surface area (Å²) in [5, 5.41) is 23.9. The van der Waals surface area contributed by atoms with Gasteiger partial charge in [-0.25, -0.2) is 4.98 Å². The Balaban J connectivity index is 0.000000234. The molecule has 0 saturated heterocycles. The van der Waals surface area contributed by atoms with Crippen LogP contribution in [0.15, 0.2) is 18.5 Å². The van der Waals surface area contributed by atoms with Gasteiger partial charge < -0.3 is 27.5 Å². The first-order valence-electron chi connectivity index (χ1n) is 8.90. The lowest BCUT2D eigenvalue weighted by Gasteiger charge is -2.07. The number of H-pyrrole nitrogens is 1. The number of nitrogen functional groups attached to an aromatic ring is 1. The molecule has 0 atom stereocenters. The van der Waals surface area contributed by atoms with Gasteiger partial charge in [-0.15, -0.1) is 0 Å².